The summed E-state index contributed by atoms with van der Waals surface area (Å²) < 4.78 is 40.0. The molecule has 2 aliphatic heterocycles. The molecule has 0 spiro atoms. The van der Waals surface area contributed by atoms with Gasteiger partial charge in [0.1, 0.15) is 29.9 Å². The molecule has 2 bridgehead atoms. The Kier molecular flexibility index (Phi) is 11.4. The van der Waals surface area contributed by atoms with Crippen LogP contribution in [0.25, 0.3) is 44.2 Å². The number of ether oxygens (including phenoxy) is 2. The van der Waals surface area contributed by atoms with E-state index in [9.17, 15) is 19.2 Å². The number of H-pyrrole nitrogens is 2. The average Bonchev–Trinajstić information content (AvgIpc) is 4.09. The van der Waals surface area contributed by atoms with Crippen LogP contribution >= 0.6 is 0 Å². The molecule has 3 fully saturated rings. The molecule has 8 atom stereocenters. The molecule has 5 aromatic rings. The summed E-state index contributed by atoms with van der Waals surface area (Å²) in [6.45, 7) is 11.9. The van der Waals surface area contributed by atoms with Crippen LogP contribution in [0.4, 0.5) is 18.4 Å². The monoisotopic (exact) mass is 868 g/mol. The first kappa shape index (κ1) is 42.8. The van der Waals surface area contributed by atoms with Crippen LogP contribution in [0.5, 0.6) is 0 Å². The number of carbonyl (C=O) groups excluding carboxylic acids is 4. The number of imidazole rings is 2. The van der Waals surface area contributed by atoms with Gasteiger partial charge in [-0.25, -0.2) is 28.3 Å². The molecule has 2 aromatic heterocycles. The smallest absolute Gasteiger partial charge is 0.407 e. The zero-order valence-corrected chi connectivity index (χ0v) is 37.2. The van der Waals surface area contributed by atoms with Gasteiger partial charge in [0.05, 0.1) is 63.3 Å². The molecule has 3 aliphatic rings. The first-order chi connectivity index (χ1) is 29.5. The lowest BCUT2D eigenvalue weighted by Crippen LogP contribution is -2.57. The number of hydrogen-bond donors (Lipinski definition) is 4. The van der Waals surface area contributed by atoms with Crippen molar-refractivity contribution in [1.29, 1.82) is 0 Å². The molecule has 17 heteroatoms. The molecule has 1 saturated carbocycles. The van der Waals surface area contributed by atoms with Crippen molar-refractivity contribution < 1.29 is 37.4 Å². The fourth-order valence-corrected chi connectivity index (χ4v) is 12.6. The fraction of sp³-hybridized carbons (Fsp3) is 0.467. The Balaban J connectivity index is 1.03. The van der Waals surface area contributed by atoms with Crippen molar-refractivity contribution in [1.82, 2.24) is 40.4 Å². The minimum absolute atomic E-state index is 0.139. The summed E-state index contributed by atoms with van der Waals surface area (Å²) in [5.74, 6) is -0.824. The highest BCUT2D eigenvalue weighted by molar-refractivity contribution is 6.78. The number of aromatic amines is 2. The highest BCUT2D eigenvalue weighted by Crippen LogP contribution is 2.52. The largest absolute Gasteiger partial charge is 0.453 e. The number of fused-ring (bicyclic) bond motifs is 5. The normalized spacial score (nSPS) is 23.9. The number of carbonyl (C=O) groups is 4. The molecule has 4 N–H and O–H groups in total. The Bertz CT molecular complexity index is 2530. The van der Waals surface area contributed by atoms with E-state index in [1.165, 1.54) is 19.1 Å². The molecule has 62 heavy (non-hydrogen) atoms. The second kappa shape index (κ2) is 16.5. The van der Waals surface area contributed by atoms with Gasteiger partial charge in [0.2, 0.25) is 11.8 Å². The van der Waals surface area contributed by atoms with Crippen molar-refractivity contribution in [3.8, 4) is 22.4 Å². The molecule has 1 aliphatic carbocycles. The number of alkyl carbamates (subject to hydrolysis) is 2. The summed E-state index contributed by atoms with van der Waals surface area (Å²) in [6, 6.07) is 15.3. The number of hydrogen-bond acceptors (Lipinski definition) is 8. The third-order valence-corrected chi connectivity index (χ3v) is 15.6. The van der Waals surface area contributed by atoms with E-state index in [1.54, 1.807) is 20.0 Å². The van der Waals surface area contributed by atoms with Crippen LogP contribution < -0.4 is 10.6 Å². The van der Waals surface area contributed by atoms with Crippen LogP contribution in [0.1, 0.15) is 57.8 Å². The van der Waals surface area contributed by atoms with Gasteiger partial charge in [-0.15, -0.1) is 0 Å². The quantitative estimate of drug-likeness (QED) is 0.104. The van der Waals surface area contributed by atoms with E-state index in [0.717, 1.165) is 50.4 Å². The third kappa shape index (κ3) is 7.68. The molecule has 0 unspecified atom stereocenters. The number of rotatable bonds is 10. The van der Waals surface area contributed by atoms with E-state index in [2.05, 4.69) is 62.9 Å². The predicted octanol–water partition coefficient (Wildman–Crippen LogP) is 7.61. The minimum atomic E-state index is -1.83. The maximum absolute atomic E-state index is 15.3. The van der Waals surface area contributed by atoms with Crippen LogP contribution in [0.3, 0.4) is 0 Å². The number of aromatic nitrogens is 4. The lowest BCUT2D eigenvalue weighted by Gasteiger charge is -2.39. The first-order valence-corrected chi connectivity index (χ1v) is 24.6. The number of methoxy groups -OCH3 is 2. The van der Waals surface area contributed by atoms with Crippen LogP contribution in [0.2, 0.25) is 19.1 Å². The van der Waals surface area contributed by atoms with E-state index in [1.807, 2.05) is 49.1 Å². The Morgan fingerprint density at radius 3 is 2.08 bits per heavy atom. The van der Waals surface area contributed by atoms with Crippen LogP contribution in [0, 0.1) is 17.8 Å². The molecule has 4 heterocycles. The highest BCUT2D eigenvalue weighted by atomic mass is 28.3. The topological polar surface area (TPSA) is 175 Å². The third-order valence-electron chi connectivity index (χ3n) is 12.9. The number of halogens is 2. The van der Waals surface area contributed by atoms with Crippen LogP contribution in [-0.2, 0) is 19.1 Å². The minimum Gasteiger partial charge on any atom is -0.453 e. The van der Waals surface area contributed by atoms with Gasteiger partial charge in [0.25, 0.3) is 0 Å². The molecular weight excluding hydrogens is 815 g/mol. The SMILES string of the molecule is COC(=O)N[C@H](C(=O)N1C[Si](C)(C)C[C@H]1c1nc2c(ccc3cc(-c4ccc(-c5cnc([C@@H]6[C@H]7C[C@H]([C@@H](F)[C@H]7F)N6C(=O)[C@@H](NC(=O)OC)C(C)C)[nH]5)cc4)ccc32)[nH]1)C(C)C. The van der Waals surface area contributed by atoms with Gasteiger partial charge in [-0.1, -0.05) is 83.3 Å². The van der Waals surface area contributed by atoms with Gasteiger partial charge in [-0.05, 0) is 58.5 Å². The van der Waals surface area contributed by atoms with Gasteiger partial charge in [-0.2, -0.15) is 0 Å². The molecule has 8 rings (SSSR count). The Morgan fingerprint density at radius 2 is 1.44 bits per heavy atom. The number of nitrogens with one attached hydrogen (secondary N) is 4. The summed E-state index contributed by atoms with van der Waals surface area (Å²) in [5.41, 5.74) is 5.14. The van der Waals surface area contributed by atoms with Gasteiger partial charge in [0.15, 0.2) is 6.17 Å². The van der Waals surface area contributed by atoms with E-state index >= 15 is 8.78 Å². The Hall–Kier alpha value is -5.84. The number of alkyl halides is 2. The van der Waals surface area contributed by atoms with Crippen LogP contribution in [0.15, 0.2) is 60.8 Å². The second-order valence-corrected chi connectivity index (χ2v) is 23.4. The fourth-order valence-electron chi connectivity index (χ4n) is 9.72. The van der Waals surface area contributed by atoms with Crippen molar-refractivity contribution in [3.63, 3.8) is 0 Å². The lowest BCUT2D eigenvalue weighted by molar-refractivity contribution is -0.143. The lowest BCUT2D eigenvalue weighted by atomic mass is 9.93. The molecule has 0 radical (unpaired) electrons. The van der Waals surface area contributed by atoms with Crippen molar-refractivity contribution in [3.05, 3.63) is 72.4 Å². The molecular formula is C45H54F2N8O6Si. The zero-order valence-electron chi connectivity index (χ0n) is 36.2. The first-order valence-electron chi connectivity index (χ1n) is 21.2. The van der Waals surface area contributed by atoms with Gasteiger partial charge < -0.3 is 39.9 Å². The molecule has 2 saturated heterocycles. The maximum Gasteiger partial charge on any atom is 0.407 e. The molecule has 14 nitrogen and oxygen atoms in total. The van der Waals surface area contributed by atoms with Crippen molar-refractivity contribution in [2.75, 3.05) is 20.4 Å². The molecule has 4 amide bonds. The maximum atomic E-state index is 15.3. The van der Waals surface area contributed by atoms with Crippen molar-refractivity contribution >= 4 is 53.9 Å². The predicted molar refractivity (Wildman–Crippen MR) is 233 cm³/mol. The molecule has 328 valence electrons. The van der Waals surface area contributed by atoms with E-state index in [0.29, 0.717) is 17.7 Å². The van der Waals surface area contributed by atoms with E-state index in [-0.39, 0.29) is 30.2 Å². The number of nitrogens with zero attached hydrogens (tertiary/aromatic N) is 4. The van der Waals surface area contributed by atoms with Gasteiger partial charge >= 0.3 is 12.2 Å². The standard InChI is InChI=1S/C45H54F2N8O6Si/c1-22(2)36(52-44(58)60-5)42(56)54-21-62(7,8)20-33(54)40-49-30-16-14-27-17-26(13-15-28(27)38(30)51-40)24-9-11-25(12-10-24)31-19-48-41(50-31)39-29-18-32(35(47)34(29)46)55(39)43(57)37(23(3)4)53-45(59)61-6/h9-17,19,22-23,29,32-37,39H,18,20-21H2,1-8H3,(H,48,50)(H,49,51)(H,52,58)(H,53,59)/t29-,32+,33-,34-,35+,36-,37-,39-/m0/s1. The summed E-state index contributed by atoms with van der Waals surface area (Å²) in [4.78, 5) is 72.0. The van der Waals surface area contributed by atoms with Crippen LogP contribution in [-0.4, -0.2) is 113 Å². The second-order valence-electron chi connectivity index (χ2n) is 18.4. The summed E-state index contributed by atoms with van der Waals surface area (Å²) >= 11 is 0. The summed E-state index contributed by atoms with van der Waals surface area (Å²) in [5, 5.41) is 7.28. The Morgan fingerprint density at radius 1 is 0.806 bits per heavy atom. The summed E-state index contributed by atoms with van der Waals surface area (Å²) in [6.07, 6.45) is -2.55. The average molecular weight is 869 g/mol. The zero-order chi connectivity index (χ0) is 44.4. The number of benzene rings is 3. The van der Waals surface area contributed by atoms with E-state index < -0.39 is 68.6 Å². The molecule has 3 aromatic carbocycles. The summed E-state index contributed by atoms with van der Waals surface area (Å²) in [7, 11) is 0.683. The van der Waals surface area contributed by atoms with Crippen molar-refractivity contribution in [2.24, 2.45) is 17.8 Å². The number of likely N-dealkylation sites (tertiary alicyclic amines) is 1. The van der Waals surface area contributed by atoms with Crippen molar-refractivity contribution in [2.45, 2.75) is 95.8 Å². The van der Waals surface area contributed by atoms with E-state index in [4.69, 9.17) is 14.5 Å². The van der Waals surface area contributed by atoms with Gasteiger partial charge in [0, 0.05) is 17.5 Å². The number of piperidine rings is 1. The Labute approximate surface area is 359 Å². The van der Waals surface area contributed by atoms with Gasteiger partial charge in [-0.3, -0.25) is 9.59 Å². The highest BCUT2D eigenvalue weighted by Gasteiger charge is 2.62. The number of amides is 4.